The molecule has 2 rings (SSSR count). The van der Waals surface area contributed by atoms with E-state index in [1.807, 2.05) is 43.3 Å². The van der Waals surface area contributed by atoms with E-state index in [0.29, 0.717) is 11.5 Å². The highest BCUT2D eigenvalue weighted by Crippen LogP contribution is 2.27. The summed E-state index contributed by atoms with van der Waals surface area (Å²) in [4.78, 5) is 0. The summed E-state index contributed by atoms with van der Waals surface area (Å²) >= 11 is 0. The molecule has 0 fully saturated rings. The van der Waals surface area contributed by atoms with E-state index in [1.54, 1.807) is 25.5 Å². The Morgan fingerprint density at radius 1 is 1.23 bits per heavy atom. The maximum atomic E-state index is 8.55. The molecule has 112 valence electrons. The zero-order valence-electron chi connectivity index (χ0n) is 12.5. The van der Waals surface area contributed by atoms with Gasteiger partial charge in [0.15, 0.2) is 18.1 Å². The Kier molecular flexibility index (Phi) is 5.38. The van der Waals surface area contributed by atoms with Gasteiger partial charge in [0.1, 0.15) is 6.07 Å². The number of benzene rings is 2. The summed E-state index contributed by atoms with van der Waals surface area (Å²) in [5.74, 6) is 1.10. The SMILES string of the molecule is COc1cc(/C=N\Nc2ccccc2C)ccc1OCC#N. The highest BCUT2D eigenvalue weighted by molar-refractivity contribution is 5.81. The maximum Gasteiger partial charge on any atom is 0.174 e. The fourth-order valence-corrected chi connectivity index (χ4v) is 1.87. The Labute approximate surface area is 129 Å². The van der Waals surface area contributed by atoms with E-state index in [-0.39, 0.29) is 6.61 Å². The van der Waals surface area contributed by atoms with Crippen LogP contribution in [-0.2, 0) is 0 Å². The average molecular weight is 295 g/mol. The number of para-hydroxylation sites is 1. The standard InChI is InChI=1S/C17H17N3O2/c1-13-5-3-4-6-15(13)20-19-12-14-7-8-16(22-10-9-18)17(11-14)21-2/h3-8,11-12,20H,10H2,1-2H3/b19-12-. The number of hydrogen-bond acceptors (Lipinski definition) is 5. The lowest BCUT2D eigenvalue weighted by Crippen LogP contribution is -1.98. The number of ether oxygens (including phenoxy) is 2. The minimum atomic E-state index is -0.0152. The largest absolute Gasteiger partial charge is 0.493 e. The van der Waals surface area contributed by atoms with Crippen LogP contribution in [0.1, 0.15) is 11.1 Å². The Hall–Kier alpha value is -3.00. The van der Waals surface area contributed by atoms with Crippen molar-refractivity contribution < 1.29 is 9.47 Å². The molecule has 0 aliphatic rings. The topological polar surface area (TPSA) is 66.6 Å². The molecule has 0 atom stereocenters. The molecular formula is C17H17N3O2. The van der Waals surface area contributed by atoms with Gasteiger partial charge in [-0.2, -0.15) is 10.4 Å². The van der Waals surface area contributed by atoms with Crippen molar-refractivity contribution in [3.05, 3.63) is 53.6 Å². The maximum absolute atomic E-state index is 8.55. The van der Waals surface area contributed by atoms with Crippen LogP contribution in [0.3, 0.4) is 0 Å². The zero-order valence-corrected chi connectivity index (χ0v) is 12.5. The van der Waals surface area contributed by atoms with Gasteiger partial charge in [-0.3, -0.25) is 5.43 Å². The van der Waals surface area contributed by atoms with E-state index in [9.17, 15) is 0 Å². The molecule has 22 heavy (non-hydrogen) atoms. The number of methoxy groups -OCH3 is 1. The van der Waals surface area contributed by atoms with Crippen molar-refractivity contribution in [3.63, 3.8) is 0 Å². The van der Waals surface area contributed by atoms with Crippen LogP contribution in [0.15, 0.2) is 47.6 Å². The number of nitrogens with one attached hydrogen (secondary N) is 1. The van der Waals surface area contributed by atoms with Gasteiger partial charge >= 0.3 is 0 Å². The van der Waals surface area contributed by atoms with Crippen LogP contribution >= 0.6 is 0 Å². The van der Waals surface area contributed by atoms with E-state index in [4.69, 9.17) is 14.7 Å². The van der Waals surface area contributed by atoms with Crippen LogP contribution in [0.2, 0.25) is 0 Å². The Balaban J connectivity index is 2.08. The number of nitriles is 1. The summed E-state index contributed by atoms with van der Waals surface area (Å²) in [6, 6.07) is 15.2. The Morgan fingerprint density at radius 3 is 2.77 bits per heavy atom. The average Bonchev–Trinajstić information content (AvgIpc) is 2.55. The number of hydrogen-bond donors (Lipinski definition) is 1. The number of hydrazone groups is 1. The van der Waals surface area contributed by atoms with Crippen molar-refractivity contribution >= 4 is 11.9 Å². The van der Waals surface area contributed by atoms with Gasteiger partial charge < -0.3 is 9.47 Å². The van der Waals surface area contributed by atoms with Crippen LogP contribution in [0.5, 0.6) is 11.5 Å². The number of rotatable bonds is 6. The summed E-state index contributed by atoms with van der Waals surface area (Å²) in [6.45, 7) is 2.00. The van der Waals surface area contributed by atoms with Crippen molar-refractivity contribution in [3.8, 4) is 17.6 Å². The molecule has 1 N–H and O–H groups in total. The normalized spacial score (nSPS) is 10.2. The molecule has 5 heteroatoms. The van der Waals surface area contributed by atoms with Crippen LogP contribution in [0.25, 0.3) is 0 Å². The molecule has 0 amide bonds. The van der Waals surface area contributed by atoms with Crippen molar-refractivity contribution in [1.82, 2.24) is 0 Å². The van der Waals surface area contributed by atoms with Crippen LogP contribution in [0.4, 0.5) is 5.69 Å². The lowest BCUT2D eigenvalue weighted by Gasteiger charge is -2.08. The molecule has 2 aromatic rings. The second-order valence-corrected chi connectivity index (χ2v) is 4.54. The number of aryl methyl sites for hydroxylation is 1. The van der Waals surface area contributed by atoms with Gasteiger partial charge in [0, 0.05) is 0 Å². The van der Waals surface area contributed by atoms with Crippen LogP contribution in [-0.4, -0.2) is 19.9 Å². The molecule has 0 saturated heterocycles. The molecular weight excluding hydrogens is 278 g/mol. The predicted molar refractivity (Wildman–Crippen MR) is 86.5 cm³/mol. The summed E-state index contributed by atoms with van der Waals surface area (Å²) in [5.41, 5.74) is 5.95. The van der Waals surface area contributed by atoms with Crippen molar-refractivity contribution in [2.24, 2.45) is 5.10 Å². The van der Waals surface area contributed by atoms with Crippen molar-refractivity contribution in [2.75, 3.05) is 19.1 Å². The molecule has 2 aromatic carbocycles. The first kappa shape index (κ1) is 15.4. The third-order valence-electron chi connectivity index (χ3n) is 3.02. The third-order valence-corrected chi connectivity index (χ3v) is 3.02. The first-order valence-corrected chi connectivity index (χ1v) is 6.77. The summed E-state index contributed by atoms with van der Waals surface area (Å²) in [7, 11) is 1.56. The smallest absolute Gasteiger partial charge is 0.174 e. The second-order valence-electron chi connectivity index (χ2n) is 4.54. The van der Waals surface area contributed by atoms with E-state index < -0.39 is 0 Å². The van der Waals surface area contributed by atoms with Crippen LogP contribution < -0.4 is 14.9 Å². The zero-order chi connectivity index (χ0) is 15.8. The first-order chi connectivity index (χ1) is 10.7. The monoisotopic (exact) mass is 295 g/mol. The highest BCUT2D eigenvalue weighted by atomic mass is 16.5. The Morgan fingerprint density at radius 2 is 2.05 bits per heavy atom. The summed E-state index contributed by atoms with van der Waals surface area (Å²) in [6.07, 6.45) is 1.70. The number of nitrogens with zero attached hydrogens (tertiary/aromatic N) is 2. The minimum absolute atomic E-state index is 0.0152. The molecule has 0 radical (unpaired) electrons. The van der Waals surface area contributed by atoms with E-state index in [1.165, 1.54) is 0 Å². The molecule has 0 spiro atoms. The molecule has 0 aliphatic heterocycles. The van der Waals surface area contributed by atoms with Gasteiger partial charge in [0.05, 0.1) is 19.0 Å². The quantitative estimate of drug-likeness (QED) is 0.655. The van der Waals surface area contributed by atoms with Gasteiger partial charge in [0.2, 0.25) is 0 Å². The van der Waals surface area contributed by atoms with Crippen molar-refractivity contribution in [2.45, 2.75) is 6.92 Å². The molecule has 0 heterocycles. The van der Waals surface area contributed by atoms with Gasteiger partial charge in [-0.1, -0.05) is 18.2 Å². The highest BCUT2D eigenvalue weighted by Gasteiger charge is 2.04. The summed E-state index contributed by atoms with van der Waals surface area (Å²) < 4.78 is 10.5. The van der Waals surface area contributed by atoms with E-state index in [0.717, 1.165) is 16.8 Å². The fourth-order valence-electron chi connectivity index (χ4n) is 1.87. The van der Waals surface area contributed by atoms with E-state index >= 15 is 0 Å². The molecule has 5 nitrogen and oxygen atoms in total. The lowest BCUT2D eigenvalue weighted by atomic mass is 10.2. The van der Waals surface area contributed by atoms with Gasteiger partial charge in [-0.05, 0) is 42.3 Å². The third kappa shape index (κ3) is 4.00. The Bertz CT molecular complexity index is 705. The summed E-state index contributed by atoms with van der Waals surface area (Å²) in [5, 5.41) is 12.8. The number of anilines is 1. The minimum Gasteiger partial charge on any atom is -0.493 e. The molecule has 0 unspecified atom stereocenters. The van der Waals surface area contributed by atoms with Crippen LogP contribution in [0, 0.1) is 18.3 Å². The molecule has 0 saturated carbocycles. The lowest BCUT2D eigenvalue weighted by molar-refractivity contribution is 0.329. The molecule has 0 bridgehead atoms. The van der Waals surface area contributed by atoms with Gasteiger partial charge in [-0.15, -0.1) is 0 Å². The van der Waals surface area contributed by atoms with E-state index in [2.05, 4.69) is 10.5 Å². The molecule has 0 aromatic heterocycles. The van der Waals surface area contributed by atoms with Gasteiger partial charge in [0.25, 0.3) is 0 Å². The first-order valence-electron chi connectivity index (χ1n) is 6.77. The fraction of sp³-hybridized carbons (Fsp3) is 0.176. The molecule has 0 aliphatic carbocycles. The predicted octanol–water partition coefficient (Wildman–Crippen LogP) is 3.35. The van der Waals surface area contributed by atoms with Crippen molar-refractivity contribution in [1.29, 1.82) is 5.26 Å². The second kappa shape index (κ2) is 7.70. The van der Waals surface area contributed by atoms with Gasteiger partial charge in [-0.25, -0.2) is 0 Å².